The summed E-state index contributed by atoms with van der Waals surface area (Å²) in [5.74, 6) is 0.775. The molecule has 1 aliphatic rings. The molecule has 1 aliphatic heterocycles. The molecule has 0 saturated carbocycles. The lowest BCUT2D eigenvalue weighted by molar-refractivity contribution is 0.0718. The Hall–Kier alpha value is -1.00. The summed E-state index contributed by atoms with van der Waals surface area (Å²) in [4.78, 5) is 14.1. The minimum atomic E-state index is 0. The smallest absolute Gasteiger partial charge is 0.257 e. The van der Waals surface area contributed by atoms with E-state index in [1.54, 1.807) is 12.3 Å². The van der Waals surface area contributed by atoms with Gasteiger partial charge in [0, 0.05) is 13.1 Å². The zero-order valence-electron chi connectivity index (χ0n) is 10.9. The number of amides is 1. The maximum absolute atomic E-state index is 12.3. The van der Waals surface area contributed by atoms with Gasteiger partial charge in [-0.2, -0.15) is 0 Å². The number of halogens is 1. The first-order chi connectivity index (χ1) is 8.20. The number of nitrogens with zero attached hydrogens (tertiary/aromatic N) is 1. The van der Waals surface area contributed by atoms with Gasteiger partial charge in [0.25, 0.3) is 5.91 Å². The van der Waals surface area contributed by atoms with Crippen LogP contribution in [-0.4, -0.2) is 37.0 Å². The Labute approximate surface area is 114 Å². The molecule has 1 unspecified atom stereocenters. The second-order valence-electron chi connectivity index (χ2n) is 4.64. The van der Waals surface area contributed by atoms with E-state index in [0.717, 1.165) is 32.4 Å². The minimum Gasteiger partial charge on any atom is -0.469 e. The number of hydrogen-bond donors (Lipinski definition) is 1. The molecule has 1 amide bonds. The molecule has 0 aromatic carbocycles. The number of carbonyl (C=O) groups excluding carboxylic acids is 1. The first-order valence-corrected chi connectivity index (χ1v) is 6.22. The second kappa shape index (κ2) is 6.81. The maximum Gasteiger partial charge on any atom is 0.257 e. The molecule has 0 aliphatic carbocycles. The van der Waals surface area contributed by atoms with Gasteiger partial charge < -0.3 is 14.6 Å². The Morgan fingerprint density at radius 2 is 2.22 bits per heavy atom. The highest BCUT2D eigenvalue weighted by Crippen LogP contribution is 2.17. The molecular weight excluding hydrogens is 252 g/mol. The Balaban J connectivity index is 0.00000162. The molecule has 18 heavy (non-hydrogen) atoms. The van der Waals surface area contributed by atoms with Crippen molar-refractivity contribution in [1.82, 2.24) is 10.2 Å². The zero-order valence-corrected chi connectivity index (χ0v) is 11.8. The van der Waals surface area contributed by atoms with Gasteiger partial charge in [-0.05, 0) is 45.3 Å². The van der Waals surface area contributed by atoms with Crippen LogP contribution >= 0.6 is 12.4 Å². The number of aryl methyl sites for hydroxylation is 1. The van der Waals surface area contributed by atoms with Crippen LogP contribution in [0.5, 0.6) is 0 Å². The fourth-order valence-corrected chi connectivity index (χ4v) is 2.35. The summed E-state index contributed by atoms with van der Waals surface area (Å²) in [6.45, 7) is 3.88. The fraction of sp³-hybridized carbons (Fsp3) is 0.615. The van der Waals surface area contributed by atoms with Crippen LogP contribution in [0.3, 0.4) is 0 Å². The Bertz CT molecular complexity index is 384. The summed E-state index contributed by atoms with van der Waals surface area (Å²) in [6.07, 6.45) is 4.81. The number of nitrogens with one attached hydrogen (secondary N) is 1. The van der Waals surface area contributed by atoms with Gasteiger partial charge in [0.1, 0.15) is 5.76 Å². The Morgan fingerprint density at radius 3 is 2.89 bits per heavy atom. The molecule has 0 spiro atoms. The molecule has 1 aromatic heterocycles. The average molecular weight is 273 g/mol. The minimum absolute atomic E-state index is 0. The Kier molecular flexibility index (Phi) is 5.69. The summed E-state index contributed by atoms with van der Waals surface area (Å²) in [6, 6.07) is 2.09. The zero-order chi connectivity index (χ0) is 12.3. The van der Waals surface area contributed by atoms with Gasteiger partial charge in [0.15, 0.2) is 0 Å². The van der Waals surface area contributed by atoms with Gasteiger partial charge in [-0.1, -0.05) is 0 Å². The van der Waals surface area contributed by atoms with E-state index >= 15 is 0 Å². The summed E-state index contributed by atoms with van der Waals surface area (Å²) in [5, 5.41) is 3.36. The highest BCUT2D eigenvalue weighted by atomic mass is 35.5. The van der Waals surface area contributed by atoms with Crippen LogP contribution in [0.4, 0.5) is 0 Å². The molecule has 0 radical (unpaired) electrons. The van der Waals surface area contributed by atoms with Crippen molar-refractivity contribution in [3.8, 4) is 0 Å². The molecular formula is C13H21ClN2O2. The number of hydrogen-bond acceptors (Lipinski definition) is 3. The fourth-order valence-electron chi connectivity index (χ4n) is 2.35. The predicted molar refractivity (Wildman–Crippen MR) is 73.3 cm³/mol. The molecule has 102 valence electrons. The van der Waals surface area contributed by atoms with Crippen molar-refractivity contribution < 1.29 is 9.21 Å². The molecule has 5 heteroatoms. The molecule has 2 rings (SSSR count). The summed E-state index contributed by atoms with van der Waals surface area (Å²) in [7, 11) is 1.89. The van der Waals surface area contributed by atoms with E-state index in [4.69, 9.17) is 4.42 Å². The van der Waals surface area contributed by atoms with E-state index in [0.29, 0.717) is 17.4 Å². The lowest BCUT2D eigenvalue weighted by Gasteiger charge is -2.26. The van der Waals surface area contributed by atoms with Gasteiger partial charge in [0.05, 0.1) is 11.8 Å². The van der Waals surface area contributed by atoms with Crippen LogP contribution in [0.15, 0.2) is 16.7 Å². The summed E-state index contributed by atoms with van der Waals surface area (Å²) < 4.78 is 5.19. The molecule has 2 heterocycles. The van der Waals surface area contributed by atoms with Gasteiger partial charge in [-0.15, -0.1) is 12.4 Å². The van der Waals surface area contributed by atoms with Crippen LogP contribution in [-0.2, 0) is 0 Å². The number of furan rings is 1. The molecule has 1 fully saturated rings. The van der Waals surface area contributed by atoms with E-state index in [1.807, 2.05) is 18.9 Å². The van der Waals surface area contributed by atoms with E-state index in [1.165, 1.54) is 0 Å². The Morgan fingerprint density at radius 1 is 1.44 bits per heavy atom. The SMILES string of the molecule is Cc1occc1C(=O)N(C)C1CCCNCC1.Cl. The molecule has 1 atom stereocenters. The van der Waals surface area contributed by atoms with E-state index < -0.39 is 0 Å². The first kappa shape index (κ1) is 15.1. The van der Waals surface area contributed by atoms with Crippen LogP contribution in [0.2, 0.25) is 0 Å². The average Bonchev–Trinajstić information content (AvgIpc) is 2.60. The standard InChI is InChI=1S/C13H20N2O2.ClH/c1-10-12(6-9-17-10)13(16)15(2)11-4-3-7-14-8-5-11;/h6,9,11,14H,3-5,7-8H2,1-2H3;1H. The van der Waals surface area contributed by atoms with Crippen molar-refractivity contribution in [1.29, 1.82) is 0 Å². The maximum atomic E-state index is 12.3. The lowest BCUT2D eigenvalue weighted by Crippen LogP contribution is -2.37. The van der Waals surface area contributed by atoms with Crippen molar-refractivity contribution >= 4 is 18.3 Å². The van der Waals surface area contributed by atoms with Crippen molar-refractivity contribution in [2.24, 2.45) is 0 Å². The molecule has 0 bridgehead atoms. The third kappa shape index (κ3) is 3.27. The van der Waals surface area contributed by atoms with E-state index in [9.17, 15) is 4.79 Å². The molecule has 1 aromatic rings. The largest absolute Gasteiger partial charge is 0.469 e. The summed E-state index contributed by atoms with van der Waals surface area (Å²) in [5.41, 5.74) is 0.685. The second-order valence-corrected chi connectivity index (χ2v) is 4.64. The third-order valence-corrected chi connectivity index (χ3v) is 3.50. The van der Waals surface area contributed by atoms with Gasteiger partial charge in [-0.25, -0.2) is 0 Å². The van der Waals surface area contributed by atoms with Crippen LogP contribution < -0.4 is 5.32 Å². The topological polar surface area (TPSA) is 45.5 Å². The van der Waals surface area contributed by atoms with Crippen LogP contribution in [0, 0.1) is 6.92 Å². The predicted octanol–water partition coefficient (Wildman–Crippen LogP) is 2.22. The van der Waals surface area contributed by atoms with Crippen molar-refractivity contribution in [3.63, 3.8) is 0 Å². The number of carbonyl (C=O) groups is 1. The van der Waals surface area contributed by atoms with Gasteiger partial charge >= 0.3 is 0 Å². The highest BCUT2D eigenvalue weighted by molar-refractivity contribution is 5.95. The van der Waals surface area contributed by atoms with E-state index in [2.05, 4.69) is 5.32 Å². The van der Waals surface area contributed by atoms with Gasteiger partial charge in [0.2, 0.25) is 0 Å². The van der Waals surface area contributed by atoms with E-state index in [-0.39, 0.29) is 18.3 Å². The molecule has 1 saturated heterocycles. The van der Waals surface area contributed by atoms with Crippen LogP contribution in [0.25, 0.3) is 0 Å². The first-order valence-electron chi connectivity index (χ1n) is 6.22. The third-order valence-electron chi connectivity index (χ3n) is 3.50. The van der Waals surface area contributed by atoms with Crippen molar-refractivity contribution in [2.75, 3.05) is 20.1 Å². The quantitative estimate of drug-likeness (QED) is 0.898. The van der Waals surface area contributed by atoms with Crippen molar-refractivity contribution in [2.45, 2.75) is 32.2 Å². The lowest BCUT2D eigenvalue weighted by atomic mass is 10.1. The molecule has 4 nitrogen and oxygen atoms in total. The summed E-state index contributed by atoms with van der Waals surface area (Å²) >= 11 is 0. The van der Waals surface area contributed by atoms with Crippen LogP contribution in [0.1, 0.15) is 35.4 Å². The normalized spacial score (nSPS) is 19.8. The van der Waals surface area contributed by atoms with Gasteiger partial charge in [-0.3, -0.25) is 4.79 Å². The monoisotopic (exact) mass is 272 g/mol. The van der Waals surface area contributed by atoms with Crippen molar-refractivity contribution in [3.05, 3.63) is 23.7 Å². The molecule has 1 N–H and O–H groups in total. The highest BCUT2D eigenvalue weighted by Gasteiger charge is 2.23. The number of rotatable bonds is 2.